The van der Waals surface area contributed by atoms with Crippen molar-refractivity contribution in [3.05, 3.63) is 206 Å². The number of fused-ring (bicyclic) bond motifs is 1. The molecule has 0 unspecified atom stereocenters. The number of anilines is 1. The molecule has 0 saturated heterocycles. The molecule has 0 radical (unpaired) electrons. The summed E-state index contributed by atoms with van der Waals surface area (Å²) in [6, 6.07) is 41.3. The number of esters is 2. The lowest BCUT2D eigenvalue weighted by molar-refractivity contribution is 0.0597. The highest BCUT2D eigenvalue weighted by atomic mass is 16.5. The number of benzene rings is 6. The van der Waals surface area contributed by atoms with E-state index in [1.165, 1.54) is 32.4 Å². The van der Waals surface area contributed by atoms with Crippen LogP contribution in [-0.4, -0.2) is 38.0 Å². The number of hydrogen-bond acceptors (Lipinski definition) is 6. The van der Waals surface area contributed by atoms with E-state index in [-0.39, 0.29) is 27.9 Å². The van der Waals surface area contributed by atoms with Crippen LogP contribution < -0.4 is 4.90 Å². The maximum absolute atomic E-state index is 14.0. The van der Waals surface area contributed by atoms with Crippen molar-refractivity contribution in [3.63, 3.8) is 0 Å². The average Bonchev–Trinajstić information content (AvgIpc) is 3.51. The van der Waals surface area contributed by atoms with Gasteiger partial charge in [-0.1, -0.05) is 83.8 Å². The van der Waals surface area contributed by atoms with E-state index in [9.17, 15) is 19.2 Å². The molecule has 6 aromatic rings. The number of rotatable bonds is 3. The molecule has 7 rings (SSSR count). The van der Waals surface area contributed by atoms with Gasteiger partial charge in [0.05, 0.1) is 42.2 Å². The Morgan fingerprint density at radius 3 is 1.07 bits per heavy atom. The number of amides is 2. The van der Waals surface area contributed by atoms with Crippen molar-refractivity contribution < 1.29 is 28.7 Å². The molecule has 270 valence electrons. The van der Waals surface area contributed by atoms with Crippen LogP contribution in [0.3, 0.4) is 0 Å². The van der Waals surface area contributed by atoms with E-state index >= 15 is 0 Å². The lowest BCUT2D eigenvalue weighted by Gasteiger charge is -2.16. The summed E-state index contributed by atoms with van der Waals surface area (Å²) in [5.74, 6) is 22.4. The predicted octanol–water partition coefficient (Wildman–Crippen LogP) is 7.66. The van der Waals surface area contributed by atoms with Crippen LogP contribution in [0.5, 0.6) is 0 Å². The highest BCUT2D eigenvalue weighted by Gasteiger charge is 2.38. The fraction of sp³-hybridized carbons (Fsp3) is 0.0400. The van der Waals surface area contributed by atoms with Crippen molar-refractivity contribution in [1.29, 1.82) is 0 Å². The molecular weight excluding hydrogens is 711 g/mol. The smallest absolute Gasteiger partial charge is 0.337 e. The molecule has 0 spiro atoms. The topological polar surface area (TPSA) is 90.0 Å². The van der Waals surface area contributed by atoms with Gasteiger partial charge in [-0.3, -0.25) is 9.59 Å². The molecule has 1 aliphatic rings. The van der Waals surface area contributed by atoms with Gasteiger partial charge in [0.1, 0.15) is 0 Å². The third kappa shape index (κ3) is 8.56. The number of carbonyl (C=O) groups is 4. The maximum atomic E-state index is 14.0. The van der Waals surface area contributed by atoms with Crippen molar-refractivity contribution in [3.8, 4) is 47.4 Å². The zero-order valence-corrected chi connectivity index (χ0v) is 30.7. The van der Waals surface area contributed by atoms with Crippen LogP contribution in [0.1, 0.15) is 85.9 Å². The molecule has 0 N–H and O–H groups in total. The second-order valence-corrected chi connectivity index (χ2v) is 12.5. The van der Waals surface area contributed by atoms with Crippen LogP contribution >= 0.6 is 0 Å². The first-order valence-corrected chi connectivity index (χ1v) is 17.6. The molecule has 0 aromatic heterocycles. The van der Waals surface area contributed by atoms with E-state index in [1.807, 2.05) is 109 Å². The van der Waals surface area contributed by atoms with E-state index in [2.05, 4.69) is 47.4 Å². The summed E-state index contributed by atoms with van der Waals surface area (Å²) in [7, 11) is 2.37. The van der Waals surface area contributed by atoms with E-state index in [0.717, 1.165) is 27.2 Å². The number of hydrogen-bond donors (Lipinski definition) is 0. The Morgan fingerprint density at radius 1 is 0.421 bits per heavy atom. The maximum Gasteiger partial charge on any atom is 0.337 e. The average molecular weight is 740 g/mol. The van der Waals surface area contributed by atoms with Gasteiger partial charge in [0.15, 0.2) is 0 Å². The molecular formula is C50H29NO6. The Balaban J connectivity index is 1.25. The Bertz CT molecular complexity index is 2640. The van der Waals surface area contributed by atoms with Crippen LogP contribution in [0.2, 0.25) is 0 Å². The molecule has 1 aliphatic heterocycles. The van der Waals surface area contributed by atoms with Gasteiger partial charge in [-0.15, -0.1) is 0 Å². The minimum atomic E-state index is -0.763. The first-order valence-electron chi connectivity index (χ1n) is 17.6. The molecule has 0 fully saturated rings. The van der Waals surface area contributed by atoms with Crippen molar-refractivity contribution in [2.75, 3.05) is 19.1 Å². The van der Waals surface area contributed by atoms with Crippen molar-refractivity contribution in [2.24, 2.45) is 0 Å². The standard InChI is InChI=1S/C50H29NO6/c1-56-49(54)42-29-43(50(55)57-2)31-44(30-42)51-47(52)45-32-40(27-25-38-21-17-36(18-22-38)15-13-34-9-5-3-6-10-34)41(33-46(45)48(51)53)28-26-39-23-19-37(20-24-39)16-14-35-11-7-4-8-12-35/h3-12,17-24,29-33H,1-2H3. The highest BCUT2D eigenvalue weighted by Crippen LogP contribution is 2.32. The van der Waals surface area contributed by atoms with Crippen molar-refractivity contribution in [2.45, 2.75) is 0 Å². The number of nitrogens with zero attached hydrogens (tertiary/aromatic N) is 1. The molecule has 0 bridgehead atoms. The predicted molar refractivity (Wildman–Crippen MR) is 216 cm³/mol. The van der Waals surface area contributed by atoms with Crippen LogP contribution in [0.4, 0.5) is 5.69 Å². The molecule has 7 nitrogen and oxygen atoms in total. The molecule has 7 heteroatoms. The van der Waals surface area contributed by atoms with Crippen LogP contribution in [0, 0.1) is 47.4 Å². The molecule has 2 amide bonds. The highest BCUT2D eigenvalue weighted by molar-refractivity contribution is 6.35. The van der Waals surface area contributed by atoms with E-state index in [4.69, 9.17) is 9.47 Å². The molecule has 0 atom stereocenters. The van der Waals surface area contributed by atoms with Crippen molar-refractivity contribution >= 4 is 29.4 Å². The minimum absolute atomic E-state index is 0.00400. The molecule has 1 heterocycles. The molecule has 0 aliphatic carbocycles. The van der Waals surface area contributed by atoms with Gasteiger partial charge in [0.2, 0.25) is 0 Å². The fourth-order valence-corrected chi connectivity index (χ4v) is 5.82. The van der Waals surface area contributed by atoms with E-state index < -0.39 is 23.8 Å². The van der Waals surface area contributed by atoms with E-state index in [1.54, 1.807) is 12.1 Å². The normalized spacial score (nSPS) is 10.9. The van der Waals surface area contributed by atoms with Gasteiger partial charge in [-0.2, -0.15) is 0 Å². The summed E-state index contributed by atoms with van der Waals surface area (Å²) in [4.78, 5) is 53.9. The zero-order valence-electron chi connectivity index (χ0n) is 30.7. The second kappa shape index (κ2) is 16.8. The van der Waals surface area contributed by atoms with Gasteiger partial charge in [-0.05, 0) is 103 Å². The Kier molecular flexibility index (Phi) is 10.9. The van der Waals surface area contributed by atoms with Crippen molar-refractivity contribution in [1.82, 2.24) is 0 Å². The largest absolute Gasteiger partial charge is 0.465 e. The third-order valence-corrected chi connectivity index (χ3v) is 8.75. The number of methoxy groups -OCH3 is 2. The van der Waals surface area contributed by atoms with Gasteiger partial charge in [0.25, 0.3) is 11.8 Å². The summed E-state index contributed by atoms with van der Waals surface area (Å²) >= 11 is 0. The first kappa shape index (κ1) is 37.0. The van der Waals surface area contributed by atoms with E-state index in [0.29, 0.717) is 22.3 Å². The SMILES string of the molecule is COC(=O)c1cc(C(=O)OC)cc(N2C(=O)c3cc(C#Cc4ccc(C#Cc5ccccc5)cc4)c(C#Cc4ccc(C#Cc5ccccc5)cc4)cc3C2=O)c1. The second-order valence-electron chi connectivity index (χ2n) is 12.5. The Labute approximate surface area is 329 Å². The summed E-state index contributed by atoms with van der Waals surface area (Å²) in [6.07, 6.45) is 0. The molecule has 57 heavy (non-hydrogen) atoms. The number of ether oxygens (including phenoxy) is 2. The van der Waals surface area contributed by atoms with Crippen LogP contribution in [0.25, 0.3) is 0 Å². The summed E-state index contributed by atoms with van der Waals surface area (Å²) < 4.78 is 9.69. The third-order valence-electron chi connectivity index (χ3n) is 8.75. The minimum Gasteiger partial charge on any atom is -0.465 e. The summed E-state index contributed by atoms with van der Waals surface area (Å²) in [6.45, 7) is 0. The first-order chi connectivity index (χ1) is 27.8. The van der Waals surface area contributed by atoms with Gasteiger partial charge in [-0.25, -0.2) is 14.5 Å². The lowest BCUT2D eigenvalue weighted by Crippen LogP contribution is -2.30. The Hall–Kier alpha value is -8.36. The monoisotopic (exact) mass is 739 g/mol. The number of carbonyl (C=O) groups excluding carboxylic acids is 4. The fourth-order valence-electron chi connectivity index (χ4n) is 5.82. The summed E-state index contributed by atoms with van der Waals surface area (Å²) in [5, 5.41) is 0. The van der Waals surface area contributed by atoms with Gasteiger partial charge in [0, 0.05) is 44.5 Å². The van der Waals surface area contributed by atoms with Gasteiger partial charge < -0.3 is 9.47 Å². The van der Waals surface area contributed by atoms with Crippen LogP contribution in [-0.2, 0) is 9.47 Å². The molecule has 6 aromatic carbocycles. The quantitative estimate of drug-likeness (QED) is 0.105. The lowest BCUT2D eigenvalue weighted by atomic mass is 9.99. The Morgan fingerprint density at radius 2 is 0.737 bits per heavy atom. The zero-order chi connectivity index (χ0) is 39.7. The molecule has 0 saturated carbocycles. The van der Waals surface area contributed by atoms with Crippen LogP contribution in [0.15, 0.2) is 140 Å². The van der Waals surface area contributed by atoms with Gasteiger partial charge >= 0.3 is 11.9 Å². The summed E-state index contributed by atoms with van der Waals surface area (Å²) in [5.41, 5.74) is 5.78. The number of imide groups is 1.